The van der Waals surface area contributed by atoms with E-state index in [2.05, 4.69) is 93.6 Å². The van der Waals surface area contributed by atoms with Crippen molar-refractivity contribution < 1.29 is 4.42 Å². The normalized spacial score (nSPS) is 14.0. The number of nitrogens with zero attached hydrogens (tertiary/aromatic N) is 2. The molecular weight excluding hydrogens is 574 g/mol. The molecular formula is C43H35N3O. The average molecular weight is 610 g/mol. The molecule has 1 heterocycles. The number of rotatable bonds is 5. The van der Waals surface area contributed by atoms with Crippen LogP contribution in [0.4, 0.5) is 0 Å². The Labute approximate surface area is 274 Å². The van der Waals surface area contributed by atoms with Gasteiger partial charge in [-0.2, -0.15) is 0 Å². The summed E-state index contributed by atoms with van der Waals surface area (Å²) in [5.74, 6) is 1.02. The molecule has 0 unspecified atom stereocenters. The molecule has 0 atom stereocenters. The molecule has 1 aromatic heterocycles. The lowest BCUT2D eigenvalue weighted by Gasteiger charge is -2.21. The molecule has 0 amide bonds. The summed E-state index contributed by atoms with van der Waals surface area (Å²) in [7, 11) is 0. The second-order valence-corrected chi connectivity index (χ2v) is 12.9. The third-order valence-corrected chi connectivity index (χ3v) is 9.44. The van der Waals surface area contributed by atoms with Gasteiger partial charge in [-0.05, 0) is 76.2 Å². The van der Waals surface area contributed by atoms with Gasteiger partial charge in [0.15, 0.2) is 5.84 Å². The van der Waals surface area contributed by atoms with E-state index >= 15 is 0 Å². The molecule has 8 rings (SSSR count). The van der Waals surface area contributed by atoms with Gasteiger partial charge in [0.05, 0.1) is 6.54 Å². The van der Waals surface area contributed by atoms with Crippen molar-refractivity contribution in [3.05, 3.63) is 167 Å². The summed E-state index contributed by atoms with van der Waals surface area (Å²) in [6.45, 7) is 7.20. The first kappa shape index (κ1) is 28.7. The van der Waals surface area contributed by atoms with Crippen LogP contribution < -0.4 is 5.73 Å². The maximum absolute atomic E-state index is 6.76. The van der Waals surface area contributed by atoms with Crippen LogP contribution in [0.2, 0.25) is 0 Å². The minimum absolute atomic E-state index is 0.0224. The molecule has 1 aliphatic carbocycles. The first-order chi connectivity index (χ1) is 22.9. The summed E-state index contributed by atoms with van der Waals surface area (Å²) in [5.41, 5.74) is 20.0. The highest BCUT2D eigenvalue weighted by atomic mass is 16.3. The summed E-state index contributed by atoms with van der Waals surface area (Å²) in [4.78, 5) is 9.98. The maximum Gasteiger partial charge on any atom is 0.157 e. The Balaban J connectivity index is 1.16. The maximum atomic E-state index is 6.76. The zero-order chi connectivity index (χ0) is 32.1. The SMILES string of the molecule is Cc1ccc2oc3cccc(-c4cccc(C(N)=NC(=NCc5ccc6c(c5)-c5ccccc5C6(C)C)c5ccccc5)c4)c3c2c1. The Morgan fingerprint density at radius 3 is 2.28 bits per heavy atom. The van der Waals surface area contributed by atoms with Crippen LogP contribution in [0.3, 0.4) is 0 Å². The molecule has 0 spiro atoms. The van der Waals surface area contributed by atoms with E-state index < -0.39 is 0 Å². The highest BCUT2D eigenvalue weighted by molar-refractivity contribution is 6.14. The lowest BCUT2D eigenvalue weighted by Crippen LogP contribution is -2.16. The predicted molar refractivity (Wildman–Crippen MR) is 195 cm³/mol. The Hall–Kier alpha value is -5.74. The van der Waals surface area contributed by atoms with E-state index in [-0.39, 0.29) is 5.41 Å². The van der Waals surface area contributed by atoms with E-state index in [4.69, 9.17) is 20.1 Å². The van der Waals surface area contributed by atoms with Crippen LogP contribution in [0.15, 0.2) is 148 Å². The molecule has 0 aliphatic heterocycles. The molecule has 4 nitrogen and oxygen atoms in total. The fourth-order valence-electron chi connectivity index (χ4n) is 7.02. The van der Waals surface area contributed by atoms with Gasteiger partial charge in [0.2, 0.25) is 0 Å². The minimum Gasteiger partial charge on any atom is -0.456 e. The van der Waals surface area contributed by atoms with Gasteiger partial charge in [-0.3, -0.25) is 4.99 Å². The molecule has 1 aliphatic rings. The van der Waals surface area contributed by atoms with Crippen molar-refractivity contribution in [2.45, 2.75) is 32.7 Å². The van der Waals surface area contributed by atoms with E-state index in [0.29, 0.717) is 18.2 Å². The second-order valence-electron chi connectivity index (χ2n) is 12.9. The number of amidine groups is 2. The third-order valence-electron chi connectivity index (χ3n) is 9.44. The van der Waals surface area contributed by atoms with Gasteiger partial charge in [0.25, 0.3) is 0 Å². The lowest BCUT2D eigenvalue weighted by molar-refractivity contribution is 0.660. The molecule has 0 saturated carbocycles. The van der Waals surface area contributed by atoms with Gasteiger partial charge in [-0.25, -0.2) is 4.99 Å². The Morgan fingerprint density at radius 1 is 0.660 bits per heavy atom. The predicted octanol–water partition coefficient (Wildman–Crippen LogP) is 10.2. The molecule has 228 valence electrons. The van der Waals surface area contributed by atoms with E-state index in [1.165, 1.54) is 27.8 Å². The summed E-state index contributed by atoms with van der Waals surface area (Å²) in [5, 5.41) is 2.21. The van der Waals surface area contributed by atoms with Gasteiger partial charge in [-0.1, -0.05) is 123 Å². The number of nitrogens with two attached hydrogens (primary N) is 1. The van der Waals surface area contributed by atoms with Gasteiger partial charge in [0.1, 0.15) is 17.0 Å². The lowest BCUT2D eigenvalue weighted by atomic mass is 9.82. The van der Waals surface area contributed by atoms with Gasteiger partial charge in [-0.15, -0.1) is 0 Å². The average Bonchev–Trinajstić information content (AvgIpc) is 3.58. The van der Waals surface area contributed by atoms with Crippen LogP contribution in [0, 0.1) is 6.92 Å². The first-order valence-electron chi connectivity index (χ1n) is 16.1. The fourth-order valence-corrected chi connectivity index (χ4v) is 7.02. The van der Waals surface area contributed by atoms with Crippen LogP contribution in [0.1, 0.15) is 47.2 Å². The van der Waals surface area contributed by atoms with Gasteiger partial charge < -0.3 is 10.2 Å². The van der Waals surface area contributed by atoms with Crippen molar-refractivity contribution in [3.8, 4) is 22.3 Å². The molecule has 0 bridgehead atoms. The summed E-state index contributed by atoms with van der Waals surface area (Å²) >= 11 is 0. The highest BCUT2D eigenvalue weighted by Crippen LogP contribution is 2.48. The van der Waals surface area contributed by atoms with Crippen molar-refractivity contribution in [3.63, 3.8) is 0 Å². The van der Waals surface area contributed by atoms with Crippen molar-refractivity contribution in [1.82, 2.24) is 0 Å². The molecule has 7 aromatic rings. The van der Waals surface area contributed by atoms with Crippen molar-refractivity contribution in [2.75, 3.05) is 0 Å². The zero-order valence-electron chi connectivity index (χ0n) is 26.8. The molecule has 2 N–H and O–H groups in total. The molecule has 0 saturated heterocycles. The molecule has 0 radical (unpaired) electrons. The molecule has 0 fully saturated rings. The van der Waals surface area contributed by atoms with E-state index in [9.17, 15) is 0 Å². The number of hydrogen-bond acceptors (Lipinski definition) is 2. The second kappa shape index (κ2) is 11.3. The quantitative estimate of drug-likeness (QED) is 0.156. The van der Waals surface area contributed by atoms with Crippen LogP contribution in [0.5, 0.6) is 0 Å². The van der Waals surface area contributed by atoms with Crippen molar-refractivity contribution in [2.24, 2.45) is 15.7 Å². The minimum atomic E-state index is -0.0224. The van der Waals surface area contributed by atoms with Crippen LogP contribution >= 0.6 is 0 Å². The Bertz CT molecular complexity index is 2380. The number of aryl methyl sites for hydroxylation is 1. The molecule has 6 aromatic carbocycles. The highest BCUT2D eigenvalue weighted by Gasteiger charge is 2.34. The van der Waals surface area contributed by atoms with Crippen LogP contribution in [-0.4, -0.2) is 11.7 Å². The fraction of sp³-hybridized carbons (Fsp3) is 0.116. The topological polar surface area (TPSA) is 63.9 Å². The Kier molecular flexibility index (Phi) is 6.87. The van der Waals surface area contributed by atoms with E-state index in [1.807, 2.05) is 60.7 Å². The number of furan rings is 1. The van der Waals surface area contributed by atoms with E-state index in [0.717, 1.165) is 49.8 Å². The number of hydrogen-bond donors (Lipinski definition) is 1. The Morgan fingerprint density at radius 2 is 1.40 bits per heavy atom. The zero-order valence-corrected chi connectivity index (χ0v) is 26.8. The summed E-state index contributed by atoms with van der Waals surface area (Å²) in [6.07, 6.45) is 0. The largest absolute Gasteiger partial charge is 0.456 e. The van der Waals surface area contributed by atoms with Crippen LogP contribution in [0.25, 0.3) is 44.2 Å². The van der Waals surface area contributed by atoms with Crippen molar-refractivity contribution >= 4 is 33.6 Å². The van der Waals surface area contributed by atoms with Gasteiger partial charge in [0, 0.05) is 27.3 Å². The standard InChI is InChI=1S/C43H35N3O/c1-27-19-22-38-35(23-27)40-32(16-10-18-39(40)47-38)30-13-9-14-31(25-30)41(44)46-42(29-11-5-4-6-12-29)45-26-28-20-21-37-34(24-28)33-15-7-8-17-36(33)43(37,2)3/h4-25H,26H2,1-3H3,(H2,44,45,46). The molecule has 4 heteroatoms. The van der Waals surface area contributed by atoms with Gasteiger partial charge >= 0.3 is 0 Å². The monoisotopic (exact) mass is 609 g/mol. The first-order valence-corrected chi connectivity index (χ1v) is 16.1. The molecule has 47 heavy (non-hydrogen) atoms. The number of aliphatic imine (C=N–C) groups is 2. The number of benzene rings is 6. The van der Waals surface area contributed by atoms with E-state index in [1.54, 1.807) is 0 Å². The summed E-state index contributed by atoms with van der Waals surface area (Å²) in [6, 6.07) is 46.3. The third kappa shape index (κ3) is 5.03. The smallest absolute Gasteiger partial charge is 0.157 e. The van der Waals surface area contributed by atoms with Crippen molar-refractivity contribution in [1.29, 1.82) is 0 Å². The summed E-state index contributed by atoms with van der Waals surface area (Å²) < 4.78 is 6.20. The number of fused-ring (bicyclic) bond motifs is 6. The van der Waals surface area contributed by atoms with Crippen LogP contribution in [-0.2, 0) is 12.0 Å².